The predicted molar refractivity (Wildman–Crippen MR) is 47.6 cm³/mol. The van der Waals surface area contributed by atoms with Crippen molar-refractivity contribution >= 4 is 13.0 Å². The number of nitrogens with zero attached hydrogens (tertiary/aromatic N) is 1. The van der Waals surface area contributed by atoms with Crippen molar-refractivity contribution in [2.45, 2.75) is 6.92 Å². The van der Waals surface area contributed by atoms with Crippen molar-refractivity contribution in [1.82, 2.24) is 4.90 Å². The molecular weight excluding hydrogens is 161 g/mol. The molecule has 0 aliphatic heterocycles. The van der Waals surface area contributed by atoms with E-state index in [0.29, 0.717) is 12.7 Å². The van der Waals surface area contributed by atoms with E-state index < -0.39 is 7.14 Å². The van der Waals surface area contributed by atoms with Crippen molar-refractivity contribution in [1.29, 1.82) is 0 Å². The Labute approximate surface area is 68.1 Å². The summed E-state index contributed by atoms with van der Waals surface area (Å²) < 4.78 is 11.2. The fourth-order valence-corrected chi connectivity index (χ4v) is 1.33. The second-order valence-electron chi connectivity index (χ2n) is 3.24. The molecule has 0 heterocycles. The fourth-order valence-electron chi connectivity index (χ4n) is 0.548. The molecule has 0 saturated carbocycles. The van der Waals surface area contributed by atoms with E-state index in [9.17, 15) is 9.36 Å². The quantitative estimate of drug-likeness (QED) is 0.605. The van der Waals surface area contributed by atoms with Crippen LogP contribution in [0.4, 0.5) is 0 Å². The minimum absolute atomic E-state index is 0.0263. The van der Waals surface area contributed by atoms with Gasteiger partial charge in [-0.25, -0.2) is 0 Å². The third kappa shape index (κ3) is 6.11. The zero-order valence-corrected chi connectivity index (χ0v) is 8.52. The minimum atomic E-state index is -1.95. The second kappa shape index (κ2) is 3.91. The highest BCUT2D eigenvalue weighted by Gasteiger charge is 2.09. The standard InChI is InChI=1S/C7H16NO2P/c1-7(9)8(2)5-6-11(3,4)10/h5-6H2,1-4H3. The van der Waals surface area contributed by atoms with Crippen molar-refractivity contribution in [3.8, 4) is 0 Å². The first-order chi connectivity index (χ1) is 4.83. The molecule has 1 amide bonds. The molecule has 0 spiro atoms. The van der Waals surface area contributed by atoms with Gasteiger partial charge in [-0.3, -0.25) is 4.79 Å². The highest BCUT2D eigenvalue weighted by Crippen LogP contribution is 2.34. The molecule has 0 rings (SSSR count). The van der Waals surface area contributed by atoms with E-state index in [1.165, 1.54) is 6.92 Å². The van der Waals surface area contributed by atoms with Crippen molar-refractivity contribution in [3.63, 3.8) is 0 Å². The molecule has 0 aromatic rings. The molecule has 0 radical (unpaired) electrons. The molecular formula is C7H16NO2P. The summed E-state index contributed by atoms with van der Waals surface area (Å²) >= 11 is 0. The van der Waals surface area contributed by atoms with E-state index in [-0.39, 0.29) is 5.91 Å². The molecule has 0 aliphatic carbocycles. The van der Waals surface area contributed by atoms with E-state index in [1.807, 2.05) is 0 Å². The Hall–Kier alpha value is -0.300. The van der Waals surface area contributed by atoms with E-state index in [2.05, 4.69) is 0 Å². The van der Waals surface area contributed by atoms with Crippen LogP contribution in [0.2, 0.25) is 0 Å². The van der Waals surface area contributed by atoms with Crippen molar-refractivity contribution < 1.29 is 9.36 Å². The molecule has 66 valence electrons. The van der Waals surface area contributed by atoms with Gasteiger partial charge < -0.3 is 9.46 Å². The summed E-state index contributed by atoms with van der Waals surface area (Å²) in [6, 6.07) is 0. The van der Waals surface area contributed by atoms with Crippen LogP contribution in [0.15, 0.2) is 0 Å². The van der Waals surface area contributed by atoms with Crippen molar-refractivity contribution in [2.75, 3.05) is 33.1 Å². The Morgan fingerprint density at radius 3 is 2.18 bits per heavy atom. The van der Waals surface area contributed by atoms with Gasteiger partial charge in [-0.15, -0.1) is 0 Å². The third-order valence-electron chi connectivity index (χ3n) is 1.51. The molecule has 0 bridgehead atoms. The van der Waals surface area contributed by atoms with Crippen LogP contribution in [0.5, 0.6) is 0 Å². The van der Waals surface area contributed by atoms with Gasteiger partial charge in [-0.05, 0) is 13.3 Å². The maximum Gasteiger partial charge on any atom is 0.219 e. The molecule has 0 aliphatic rings. The van der Waals surface area contributed by atoms with E-state index in [4.69, 9.17) is 0 Å². The molecule has 0 atom stereocenters. The average molecular weight is 177 g/mol. The Morgan fingerprint density at radius 2 is 1.91 bits per heavy atom. The monoisotopic (exact) mass is 177 g/mol. The van der Waals surface area contributed by atoms with Crippen LogP contribution in [0.3, 0.4) is 0 Å². The lowest BCUT2D eigenvalue weighted by Crippen LogP contribution is -2.26. The molecule has 3 nitrogen and oxygen atoms in total. The van der Waals surface area contributed by atoms with Gasteiger partial charge in [0.05, 0.1) is 7.14 Å². The maximum atomic E-state index is 11.2. The number of carbonyl (C=O) groups is 1. The van der Waals surface area contributed by atoms with Gasteiger partial charge in [-0.2, -0.15) is 0 Å². The summed E-state index contributed by atoms with van der Waals surface area (Å²) in [5.41, 5.74) is 0. The lowest BCUT2D eigenvalue weighted by molar-refractivity contribution is -0.127. The normalized spacial score (nSPS) is 11.3. The number of carbonyl (C=O) groups excluding carboxylic acids is 1. The number of rotatable bonds is 3. The van der Waals surface area contributed by atoms with Gasteiger partial charge in [0.15, 0.2) is 0 Å². The smallest absolute Gasteiger partial charge is 0.219 e. The Balaban J connectivity index is 3.72. The number of amides is 1. The van der Waals surface area contributed by atoms with Gasteiger partial charge >= 0.3 is 0 Å². The lowest BCUT2D eigenvalue weighted by Gasteiger charge is -2.15. The maximum absolute atomic E-state index is 11.2. The topological polar surface area (TPSA) is 37.4 Å². The van der Waals surface area contributed by atoms with Crippen LogP contribution < -0.4 is 0 Å². The molecule has 0 N–H and O–H groups in total. The molecule has 4 heteroatoms. The van der Waals surface area contributed by atoms with Crippen molar-refractivity contribution in [3.05, 3.63) is 0 Å². The Kier molecular flexibility index (Phi) is 3.81. The third-order valence-corrected chi connectivity index (χ3v) is 2.79. The molecule has 0 unspecified atom stereocenters. The zero-order valence-electron chi connectivity index (χ0n) is 7.63. The Morgan fingerprint density at radius 1 is 1.45 bits per heavy atom. The molecule has 0 saturated heterocycles. The molecule has 11 heavy (non-hydrogen) atoms. The summed E-state index contributed by atoms with van der Waals surface area (Å²) in [6.07, 6.45) is 0.614. The van der Waals surface area contributed by atoms with Crippen LogP contribution in [-0.4, -0.2) is 43.9 Å². The van der Waals surface area contributed by atoms with Crippen LogP contribution in [0.25, 0.3) is 0 Å². The van der Waals surface area contributed by atoms with Crippen molar-refractivity contribution in [2.24, 2.45) is 0 Å². The zero-order chi connectivity index (χ0) is 9.07. The van der Waals surface area contributed by atoms with Gasteiger partial charge in [0.2, 0.25) is 5.91 Å². The number of hydrogen-bond acceptors (Lipinski definition) is 2. The van der Waals surface area contributed by atoms with Gasteiger partial charge in [-0.1, -0.05) is 0 Å². The molecule has 0 aromatic carbocycles. The molecule has 0 aromatic heterocycles. The van der Waals surface area contributed by atoms with Gasteiger partial charge in [0.1, 0.15) is 0 Å². The first-order valence-corrected chi connectivity index (χ1v) is 6.37. The Bertz CT molecular complexity index is 185. The highest BCUT2D eigenvalue weighted by atomic mass is 31.2. The van der Waals surface area contributed by atoms with Crippen LogP contribution >= 0.6 is 7.14 Å². The van der Waals surface area contributed by atoms with E-state index in [0.717, 1.165) is 0 Å². The fraction of sp³-hybridized carbons (Fsp3) is 0.857. The highest BCUT2D eigenvalue weighted by molar-refractivity contribution is 7.62. The van der Waals surface area contributed by atoms with Crippen LogP contribution in [0, 0.1) is 0 Å². The summed E-state index contributed by atoms with van der Waals surface area (Å²) in [5, 5.41) is 0. The van der Waals surface area contributed by atoms with Gasteiger partial charge in [0.25, 0.3) is 0 Å². The largest absolute Gasteiger partial charge is 0.346 e. The SMILES string of the molecule is CC(=O)N(C)CCP(C)(C)=O. The van der Waals surface area contributed by atoms with Crippen LogP contribution in [0.1, 0.15) is 6.92 Å². The summed E-state index contributed by atoms with van der Waals surface area (Å²) in [6.45, 7) is 5.58. The molecule has 0 fully saturated rings. The second-order valence-corrected chi connectivity index (χ2v) is 6.83. The first kappa shape index (κ1) is 10.7. The lowest BCUT2D eigenvalue weighted by atomic mass is 10.5. The first-order valence-electron chi connectivity index (χ1n) is 3.58. The average Bonchev–Trinajstić information content (AvgIpc) is 1.80. The summed E-state index contributed by atoms with van der Waals surface area (Å²) in [5.74, 6) is 0.0263. The number of hydrogen-bond donors (Lipinski definition) is 0. The summed E-state index contributed by atoms with van der Waals surface area (Å²) in [7, 11) is -0.233. The summed E-state index contributed by atoms with van der Waals surface area (Å²) in [4.78, 5) is 12.3. The van der Waals surface area contributed by atoms with E-state index >= 15 is 0 Å². The van der Waals surface area contributed by atoms with Crippen LogP contribution in [-0.2, 0) is 9.36 Å². The minimum Gasteiger partial charge on any atom is -0.346 e. The van der Waals surface area contributed by atoms with Gasteiger partial charge in [0, 0.05) is 26.7 Å². The predicted octanol–water partition coefficient (Wildman–Crippen LogP) is 1.09. The van der Waals surface area contributed by atoms with E-state index in [1.54, 1.807) is 25.3 Å².